The highest BCUT2D eigenvalue weighted by atomic mass is 35.5. The number of amides is 3. The van der Waals surface area contributed by atoms with Gasteiger partial charge in [0, 0.05) is 42.8 Å². The maximum atomic E-state index is 13.8. The summed E-state index contributed by atoms with van der Waals surface area (Å²) < 4.78 is 0. The van der Waals surface area contributed by atoms with Gasteiger partial charge >= 0.3 is 0 Å². The molecule has 202 valence electrons. The number of para-hydroxylation sites is 1. The average molecular weight is 537 g/mol. The third-order valence-electron chi connectivity index (χ3n) is 8.37. The van der Waals surface area contributed by atoms with Crippen LogP contribution < -0.4 is 15.5 Å². The van der Waals surface area contributed by atoms with Crippen molar-refractivity contribution < 1.29 is 14.4 Å². The minimum Gasteiger partial charge on any atom is -0.344 e. The molecule has 38 heavy (non-hydrogen) atoms. The Morgan fingerprint density at radius 1 is 1.08 bits per heavy atom. The van der Waals surface area contributed by atoms with E-state index in [1.54, 1.807) is 0 Å². The van der Waals surface area contributed by atoms with Crippen LogP contribution in [0.15, 0.2) is 48.5 Å². The number of nitrogens with one attached hydrogen (secondary N) is 2. The number of anilines is 1. The van der Waals surface area contributed by atoms with Crippen molar-refractivity contribution >= 4 is 35.0 Å². The molecule has 3 heterocycles. The molecule has 0 spiro atoms. The highest BCUT2D eigenvalue weighted by molar-refractivity contribution is 6.30. The summed E-state index contributed by atoms with van der Waals surface area (Å²) in [6.45, 7) is 6.63. The van der Waals surface area contributed by atoms with Gasteiger partial charge in [-0.1, -0.05) is 41.9 Å². The van der Waals surface area contributed by atoms with Crippen molar-refractivity contribution in [3.8, 4) is 0 Å². The number of rotatable bonds is 6. The van der Waals surface area contributed by atoms with Crippen LogP contribution in [0.1, 0.15) is 50.7 Å². The van der Waals surface area contributed by atoms with Crippen LogP contribution in [0.25, 0.3) is 0 Å². The number of benzene rings is 2. The lowest BCUT2D eigenvalue weighted by atomic mass is 9.86. The molecule has 0 aliphatic carbocycles. The minimum atomic E-state index is -0.643. The Hall–Kier alpha value is -2.90. The van der Waals surface area contributed by atoms with Crippen molar-refractivity contribution in [3.05, 3.63) is 64.7 Å². The number of likely N-dealkylation sites (tertiary alicyclic amines) is 1. The first kappa shape index (κ1) is 26.7. The van der Waals surface area contributed by atoms with Gasteiger partial charge in [-0.15, -0.1) is 0 Å². The summed E-state index contributed by atoms with van der Waals surface area (Å²) in [5.74, 6) is -0.137. The lowest BCUT2D eigenvalue weighted by Crippen LogP contribution is -2.56. The number of nitrogens with zero attached hydrogens (tertiary/aromatic N) is 2. The number of carbonyl (C=O) groups is 3. The average Bonchev–Trinajstić information content (AvgIpc) is 3.14. The Bertz CT molecular complexity index is 1180. The van der Waals surface area contributed by atoms with Crippen LogP contribution in [0.4, 0.5) is 5.69 Å². The summed E-state index contributed by atoms with van der Waals surface area (Å²) in [6, 6.07) is 14.9. The molecule has 3 aliphatic rings. The molecule has 2 aromatic rings. The fourth-order valence-corrected chi connectivity index (χ4v) is 6.21. The SMILES string of the molecule is CC1(C)C(=O)N(C2CCN(C(=O)[C@H](Cc3ccc(Cl)cc3)NC(=O)[C@@H]3CCCNC3)CC2)c2ccccc21. The molecule has 0 unspecified atom stereocenters. The summed E-state index contributed by atoms with van der Waals surface area (Å²) >= 11 is 6.07. The third-order valence-corrected chi connectivity index (χ3v) is 8.62. The van der Waals surface area contributed by atoms with Crippen LogP contribution in [0, 0.1) is 5.92 Å². The number of carbonyl (C=O) groups excluding carboxylic acids is 3. The van der Waals surface area contributed by atoms with E-state index in [0.29, 0.717) is 43.9 Å². The van der Waals surface area contributed by atoms with Crippen molar-refractivity contribution in [2.75, 3.05) is 31.1 Å². The first-order valence-electron chi connectivity index (χ1n) is 13.7. The van der Waals surface area contributed by atoms with Crippen molar-refractivity contribution in [2.45, 2.75) is 63.5 Å². The fraction of sp³-hybridized carbons (Fsp3) is 0.500. The molecule has 2 aromatic carbocycles. The zero-order valence-electron chi connectivity index (χ0n) is 22.2. The van der Waals surface area contributed by atoms with Crippen LogP contribution in [-0.2, 0) is 26.2 Å². The van der Waals surface area contributed by atoms with Gasteiger partial charge in [0.25, 0.3) is 0 Å². The van der Waals surface area contributed by atoms with E-state index in [2.05, 4.69) is 10.6 Å². The van der Waals surface area contributed by atoms with Gasteiger partial charge in [0.15, 0.2) is 0 Å². The van der Waals surface area contributed by atoms with Crippen LogP contribution >= 0.6 is 11.6 Å². The first-order valence-corrected chi connectivity index (χ1v) is 14.1. The van der Waals surface area contributed by atoms with E-state index < -0.39 is 11.5 Å². The van der Waals surface area contributed by atoms with Gasteiger partial charge in [0.05, 0.1) is 11.3 Å². The molecule has 0 saturated carbocycles. The van der Waals surface area contributed by atoms with E-state index >= 15 is 0 Å². The molecular weight excluding hydrogens is 500 g/mol. The predicted molar refractivity (Wildman–Crippen MR) is 149 cm³/mol. The van der Waals surface area contributed by atoms with Crippen LogP contribution in [-0.4, -0.2) is 60.9 Å². The third kappa shape index (κ3) is 5.32. The summed E-state index contributed by atoms with van der Waals surface area (Å²) in [4.78, 5) is 44.1. The van der Waals surface area contributed by atoms with E-state index in [1.807, 2.05) is 72.2 Å². The number of fused-ring (bicyclic) bond motifs is 1. The standard InChI is InChI=1S/C30H37ClN4O3/c1-30(2)24-7-3-4-8-26(24)35(29(30)38)23-13-16-34(17-14-23)28(37)25(18-20-9-11-22(31)12-10-20)33-27(36)21-6-5-15-32-19-21/h3-4,7-12,21,23,25,32H,5-6,13-19H2,1-2H3,(H,33,36)/t21-,25+/m1/s1. The Labute approximate surface area is 229 Å². The first-order chi connectivity index (χ1) is 18.3. The highest BCUT2D eigenvalue weighted by Gasteiger charge is 2.47. The van der Waals surface area contributed by atoms with Gasteiger partial charge < -0.3 is 20.4 Å². The van der Waals surface area contributed by atoms with Gasteiger partial charge in [0.1, 0.15) is 6.04 Å². The fourth-order valence-electron chi connectivity index (χ4n) is 6.09. The lowest BCUT2D eigenvalue weighted by molar-refractivity contribution is -0.138. The van der Waals surface area contributed by atoms with E-state index in [9.17, 15) is 14.4 Å². The number of halogens is 1. The number of hydrogen-bond donors (Lipinski definition) is 2. The van der Waals surface area contributed by atoms with Gasteiger partial charge in [-0.2, -0.15) is 0 Å². The maximum absolute atomic E-state index is 13.8. The lowest BCUT2D eigenvalue weighted by Gasteiger charge is -2.39. The van der Waals surface area contributed by atoms with Crippen LogP contribution in [0.2, 0.25) is 5.02 Å². The van der Waals surface area contributed by atoms with Crippen molar-refractivity contribution in [3.63, 3.8) is 0 Å². The zero-order valence-corrected chi connectivity index (χ0v) is 23.0. The van der Waals surface area contributed by atoms with E-state index in [1.165, 1.54) is 0 Å². The summed E-state index contributed by atoms with van der Waals surface area (Å²) in [6.07, 6.45) is 3.60. The van der Waals surface area contributed by atoms with E-state index in [4.69, 9.17) is 11.6 Å². The monoisotopic (exact) mass is 536 g/mol. The second-order valence-corrected chi connectivity index (χ2v) is 11.7. The number of piperidine rings is 2. The molecule has 0 aromatic heterocycles. The topological polar surface area (TPSA) is 81.8 Å². The second kappa shape index (κ2) is 11.1. The number of hydrogen-bond acceptors (Lipinski definition) is 4. The highest BCUT2D eigenvalue weighted by Crippen LogP contribution is 2.43. The Balaban J connectivity index is 1.28. The van der Waals surface area contributed by atoms with E-state index in [-0.39, 0.29) is 29.7 Å². The summed E-state index contributed by atoms with van der Waals surface area (Å²) in [7, 11) is 0. The normalized spacial score (nSPS) is 22.2. The molecule has 7 nitrogen and oxygen atoms in total. The predicted octanol–water partition coefficient (Wildman–Crippen LogP) is 3.68. The molecule has 2 fully saturated rings. The van der Waals surface area contributed by atoms with Crippen molar-refractivity contribution in [2.24, 2.45) is 5.92 Å². The molecule has 8 heteroatoms. The largest absolute Gasteiger partial charge is 0.344 e. The summed E-state index contributed by atoms with van der Waals surface area (Å²) in [5.41, 5.74) is 2.45. The molecule has 2 atom stereocenters. The molecular formula is C30H37ClN4O3. The molecule has 3 aliphatic heterocycles. The van der Waals surface area contributed by atoms with E-state index in [0.717, 1.165) is 36.2 Å². The van der Waals surface area contributed by atoms with Gasteiger partial charge in [-0.3, -0.25) is 14.4 Å². The molecule has 0 radical (unpaired) electrons. The Kier molecular flexibility index (Phi) is 7.78. The second-order valence-electron chi connectivity index (χ2n) is 11.3. The van der Waals surface area contributed by atoms with Gasteiger partial charge in [0.2, 0.25) is 17.7 Å². The van der Waals surface area contributed by atoms with Gasteiger partial charge in [-0.05, 0) is 75.4 Å². The molecule has 0 bridgehead atoms. The Morgan fingerprint density at radius 2 is 1.79 bits per heavy atom. The van der Waals surface area contributed by atoms with Gasteiger partial charge in [-0.25, -0.2) is 0 Å². The van der Waals surface area contributed by atoms with Crippen LogP contribution in [0.3, 0.4) is 0 Å². The van der Waals surface area contributed by atoms with Crippen LogP contribution in [0.5, 0.6) is 0 Å². The molecule has 2 saturated heterocycles. The molecule has 5 rings (SSSR count). The Morgan fingerprint density at radius 3 is 2.47 bits per heavy atom. The van der Waals surface area contributed by atoms with Crippen molar-refractivity contribution in [1.82, 2.24) is 15.5 Å². The zero-order chi connectivity index (χ0) is 26.9. The quantitative estimate of drug-likeness (QED) is 0.590. The smallest absolute Gasteiger partial charge is 0.245 e. The minimum absolute atomic E-state index is 0.0482. The summed E-state index contributed by atoms with van der Waals surface area (Å²) in [5, 5.41) is 7.00. The molecule has 2 N–H and O–H groups in total. The van der Waals surface area contributed by atoms with Crippen molar-refractivity contribution in [1.29, 1.82) is 0 Å². The molecule has 3 amide bonds. The maximum Gasteiger partial charge on any atom is 0.245 e.